The van der Waals surface area contributed by atoms with Gasteiger partial charge in [-0.05, 0) is 118 Å². The molecule has 0 saturated heterocycles. The summed E-state index contributed by atoms with van der Waals surface area (Å²) in [5, 5.41) is 12.5. The minimum atomic E-state index is 1.10. The van der Waals surface area contributed by atoms with Crippen LogP contribution in [0.3, 0.4) is 0 Å². The molecule has 0 aliphatic heterocycles. The summed E-state index contributed by atoms with van der Waals surface area (Å²) in [5.74, 6) is 0. The van der Waals surface area contributed by atoms with E-state index in [1.165, 1.54) is 87.2 Å². The Morgan fingerprint density at radius 1 is 0.228 bits per heavy atom. The predicted octanol–water partition coefficient (Wildman–Crippen LogP) is 15.9. The van der Waals surface area contributed by atoms with E-state index in [2.05, 4.69) is 229 Å². The molecule has 57 heavy (non-hydrogen) atoms. The maximum absolute atomic E-state index is 2.43. The van der Waals surface area contributed by atoms with Gasteiger partial charge in [-0.15, -0.1) is 0 Å². The molecule has 0 saturated carbocycles. The van der Waals surface area contributed by atoms with Gasteiger partial charge in [0.25, 0.3) is 0 Å². The summed E-state index contributed by atoms with van der Waals surface area (Å²) >= 11 is 0. The van der Waals surface area contributed by atoms with Crippen molar-refractivity contribution in [2.75, 3.05) is 4.90 Å². The molecule has 11 aromatic carbocycles. The highest BCUT2D eigenvalue weighted by molar-refractivity contribution is 6.22. The predicted molar refractivity (Wildman–Crippen MR) is 245 cm³/mol. The molecule has 0 spiro atoms. The summed E-state index contributed by atoms with van der Waals surface area (Å²) in [6.45, 7) is 0. The Hall–Kier alpha value is -7.48. The molecule has 0 aromatic heterocycles. The van der Waals surface area contributed by atoms with Crippen molar-refractivity contribution in [2.24, 2.45) is 0 Å². The Balaban J connectivity index is 1.13. The van der Waals surface area contributed by atoms with E-state index in [1.54, 1.807) is 0 Å². The van der Waals surface area contributed by atoms with Gasteiger partial charge < -0.3 is 4.90 Å². The van der Waals surface area contributed by atoms with Crippen LogP contribution in [0.25, 0.3) is 87.2 Å². The molecule has 0 fully saturated rings. The van der Waals surface area contributed by atoms with Crippen LogP contribution < -0.4 is 4.90 Å². The maximum Gasteiger partial charge on any atom is 0.0540 e. The van der Waals surface area contributed by atoms with Gasteiger partial charge in [0.2, 0.25) is 0 Å². The smallest absolute Gasteiger partial charge is 0.0540 e. The van der Waals surface area contributed by atoms with Crippen molar-refractivity contribution in [2.45, 2.75) is 0 Å². The van der Waals surface area contributed by atoms with Crippen molar-refractivity contribution in [3.8, 4) is 33.4 Å². The fraction of sp³-hybridized carbons (Fsp3) is 0. The Labute approximate surface area is 332 Å². The lowest BCUT2D eigenvalue weighted by molar-refractivity contribution is 1.30. The van der Waals surface area contributed by atoms with Crippen LogP contribution in [-0.4, -0.2) is 0 Å². The second-order valence-electron chi connectivity index (χ2n) is 14.9. The summed E-state index contributed by atoms with van der Waals surface area (Å²) in [6.07, 6.45) is 0. The van der Waals surface area contributed by atoms with E-state index in [9.17, 15) is 0 Å². The summed E-state index contributed by atoms with van der Waals surface area (Å²) < 4.78 is 0. The zero-order chi connectivity index (χ0) is 37.7. The average Bonchev–Trinajstić information content (AvgIpc) is 3.29. The van der Waals surface area contributed by atoms with Crippen LogP contribution in [-0.2, 0) is 0 Å². The molecule has 1 nitrogen and oxygen atoms in total. The quantitative estimate of drug-likeness (QED) is 0.154. The second-order valence-corrected chi connectivity index (χ2v) is 14.9. The van der Waals surface area contributed by atoms with E-state index in [1.807, 2.05) is 0 Å². The number of benzene rings is 11. The molecule has 0 aliphatic rings. The Bertz CT molecular complexity index is 3270. The fourth-order valence-corrected chi connectivity index (χ4v) is 8.95. The highest BCUT2D eigenvalue weighted by Crippen LogP contribution is 2.47. The van der Waals surface area contributed by atoms with Crippen molar-refractivity contribution in [3.05, 3.63) is 224 Å². The minimum absolute atomic E-state index is 1.10. The molecule has 0 radical (unpaired) electrons. The number of hydrogen-bond acceptors (Lipinski definition) is 1. The first-order valence-electron chi connectivity index (χ1n) is 19.7. The zero-order valence-corrected chi connectivity index (χ0v) is 31.3. The Morgan fingerprint density at radius 2 is 0.719 bits per heavy atom. The molecule has 0 bridgehead atoms. The second kappa shape index (κ2) is 13.7. The molecule has 11 aromatic rings. The third-order valence-corrected chi connectivity index (χ3v) is 11.6. The Kier molecular flexibility index (Phi) is 7.89. The van der Waals surface area contributed by atoms with Crippen molar-refractivity contribution in [1.82, 2.24) is 0 Å². The highest BCUT2D eigenvalue weighted by atomic mass is 15.1. The van der Waals surface area contributed by atoms with Gasteiger partial charge in [-0.2, -0.15) is 0 Å². The molecule has 0 N–H and O–H groups in total. The molecule has 266 valence electrons. The van der Waals surface area contributed by atoms with Gasteiger partial charge in [-0.3, -0.25) is 0 Å². The maximum atomic E-state index is 2.43. The SMILES string of the molecule is c1ccc(-c2c(-c3ccccc3)c3cc(N(c4ccc(-c5ccc6c(ccc7ccccc76)c5)cc4)c4cccc5ccccc45)ccc3c3ccccc23)cc1. The summed E-state index contributed by atoms with van der Waals surface area (Å²) in [4.78, 5) is 2.43. The van der Waals surface area contributed by atoms with E-state index in [0.29, 0.717) is 0 Å². The molecule has 1 heteroatoms. The fourth-order valence-electron chi connectivity index (χ4n) is 8.95. The molecule has 0 aliphatic carbocycles. The van der Waals surface area contributed by atoms with Crippen LogP contribution in [0.4, 0.5) is 17.1 Å². The lowest BCUT2D eigenvalue weighted by Crippen LogP contribution is -2.10. The van der Waals surface area contributed by atoms with Crippen LogP contribution in [0.1, 0.15) is 0 Å². The van der Waals surface area contributed by atoms with E-state index < -0.39 is 0 Å². The van der Waals surface area contributed by atoms with Crippen molar-refractivity contribution in [3.63, 3.8) is 0 Å². The first-order valence-corrected chi connectivity index (χ1v) is 19.7. The lowest BCUT2D eigenvalue weighted by atomic mass is 9.85. The van der Waals surface area contributed by atoms with E-state index >= 15 is 0 Å². The first-order chi connectivity index (χ1) is 28.3. The van der Waals surface area contributed by atoms with E-state index in [0.717, 1.165) is 17.1 Å². The van der Waals surface area contributed by atoms with Gasteiger partial charge in [-0.25, -0.2) is 0 Å². The van der Waals surface area contributed by atoms with E-state index in [4.69, 9.17) is 0 Å². The summed E-state index contributed by atoms with van der Waals surface area (Å²) in [7, 11) is 0. The number of fused-ring (bicyclic) bond motifs is 7. The zero-order valence-electron chi connectivity index (χ0n) is 31.3. The van der Waals surface area contributed by atoms with Gasteiger partial charge in [-0.1, -0.05) is 188 Å². The number of anilines is 3. The average molecular weight is 724 g/mol. The molecular formula is C56H37N. The topological polar surface area (TPSA) is 3.24 Å². The number of nitrogens with zero attached hydrogens (tertiary/aromatic N) is 1. The molecule has 0 unspecified atom stereocenters. The van der Waals surface area contributed by atoms with Gasteiger partial charge >= 0.3 is 0 Å². The van der Waals surface area contributed by atoms with Gasteiger partial charge in [0, 0.05) is 16.8 Å². The van der Waals surface area contributed by atoms with Crippen LogP contribution in [0.2, 0.25) is 0 Å². The van der Waals surface area contributed by atoms with Crippen molar-refractivity contribution in [1.29, 1.82) is 0 Å². The monoisotopic (exact) mass is 723 g/mol. The molecular weight excluding hydrogens is 687 g/mol. The third kappa shape index (κ3) is 5.63. The number of hydrogen-bond donors (Lipinski definition) is 0. The summed E-state index contributed by atoms with van der Waals surface area (Å²) in [6, 6.07) is 82.1. The van der Waals surface area contributed by atoms with Crippen LogP contribution in [0.15, 0.2) is 224 Å². The number of rotatable bonds is 6. The van der Waals surface area contributed by atoms with Gasteiger partial charge in [0.15, 0.2) is 0 Å². The summed E-state index contributed by atoms with van der Waals surface area (Å²) in [5.41, 5.74) is 10.7. The highest BCUT2D eigenvalue weighted by Gasteiger charge is 2.21. The van der Waals surface area contributed by atoms with Crippen LogP contribution in [0, 0.1) is 0 Å². The molecule has 0 amide bonds. The normalized spacial score (nSPS) is 11.5. The first kappa shape index (κ1) is 32.9. The van der Waals surface area contributed by atoms with Crippen LogP contribution in [0.5, 0.6) is 0 Å². The van der Waals surface area contributed by atoms with Crippen molar-refractivity contribution >= 4 is 70.9 Å². The molecule has 11 rings (SSSR count). The molecule has 0 heterocycles. The van der Waals surface area contributed by atoms with Crippen LogP contribution >= 0.6 is 0 Å². The van der Waals surface area contributed by atoms with Gasteiger partial charge in [0.05, 0.1) is 5.69 Å². The standard InChI is InChI=1S/C56H37N/c1-3-16-41(17-4-1)55-52-24-12-11-23-50(52)51-35-33-46(37-53(51)56(55)42-18-5-2-6-19-42)57(54-25-13-20-39-14-8-10-22-49(39)54)45-31-28-38(29-32-45)43-30-34-48-44(36-43)27-26-40-15-7-9-21-47(40)48/h1-37H. The third-order valence-electron chi connectivity index (χ3n) is 11.6. The Morgan fingerprint density at radius 3 is 1.46 bits per heavy atom. The minimum Gasteiger partial charge on any atom is -0.310 e. The molecule has 0 atom stereocenters. The van der Waals surface area contributed by atoms with E-state index in [-0.39, 0.29) is 0 Å². The van der Waals surface area contributed by atoms with Gasteiger partial charge in [0.1, 0.15) is 0 Å². The lowest BCUT2D eigenvalue weighted by Gasteiger charge is -2.28. The largest absolute Gasteiger partial charge is 0.310 e. The van der Waals surface area contributed by atoms with Crippen molar-refractivity contribution < 1.29 is 0 Å².